The minimum absolute atomic E-state index is 0.0839. The molecule has 3 rings (SSSR count). The van der Waals surface area contributed by atoms with E-state index in [0.717, 1.165) is 29.7 Å². The number of benzene rings is 1. The first kappa shape index (κ1) is 14.1. The summed E-state index contributed by atoms with van der Waals surface area (Å²) in [6.07, 6.45) is 1.15. The van der Waals surface area contributed by atoms with Crippen molar-refractivity contribution >= 4 is 16.9 Å². The summed E-state index contributed by atoms with van der Waals surface area (Å²) in [5, 5.41) is 9.41. The monoisotopic (exact) mass is 287 g/mol. The summed E-state index contributed by atoms with van der Waals surface area (Å²) in [6, 6.07) is 7.70. The van der Waals surface area contributed by atoms with Crippen LogP contribution in [0.3, 0.4) is 0 Å². The molecule has 1 unspecified atom stereocenters. The van der Waals surface area contributed by atoms with Crippen molar-refractivity contribution in [1.29, 1.82) is 0 Å². The number of aryl methyl sites for hydroxylation is 1. The van der Waals surface area contributed by atoms with Gasteiger partial charge in [-0.15, -0.1) is 0 Å². The molecule has 0 spiro atoms. The molecule has 1 aromatic heterocycles. The summed E-state index contributed by atoms with van der Waals surface area (Å²) in [6.45, 7) is 4.97. The van der Waals surface area contributed by atoms with Crippen LogP contribution >= 0.6 is 0 Å². The molecule has 0 bridgehead atoms. The number of amides is 1. The maximum atomic E-state index is 12.7. The lowest BCUT2D eigenvalue weighted by molar-refractivity contribution is -0.145. The Kier molecular flexibility index (Phi) is 3.68. The Morgan fingerprint density at radius 3 is 2.71 bits per heavy atom. The predicted molar refractivity (Wildman–Crippen MR) is 81.0 cm³/mol. The normalized spacial score (nSPS) is 17.0. The van der Waals surface area contributed by atoms with Crippen molar-refractivity contribution in [3.8, 4) is 0 Å². The predicted octanol–water partition coefficient (Wildman–Crippen LogP) is 1.75. The van der Waals surface area contributed by atoms with Gasteiger partial charge in [-0.05, 0) is 18.6 Å². The van der Waals surface area contributed by atoms with Crippen LogP contribution in [0.4, 0.5) is 0 Å². The van der Waals surface area contributed by atoms with Gasteiger partial charge >= 0.3 is 0 Å². The van der Waals surface area contributed by atoms with E-state index < -0.39 is 0 Å². The Balaban J connectivity index is 2.02. The van der Waals surface area contributed by atoms with Gasteiger partial charge in [0.1, 0.15) is 11.9 Å². The van der Waals surface area contributed by atoms with Gasteiger partial charge in [-0.1, -0.05) is 26.0 Å². The van der Waals surface area contributed by atoms with E-state index in [1.807, 2.05) is 31.2 Å². The van der Waals surface area contributed by atoms with Gasteiger partial charge in [0.2, 0.25) is 5.91 Å². The highest BCUT2D eigenvalue weighted by molar-refractivity contribution is 5.85. The van der Waals surface area contributed by atoms with E-state index in [9.17, 15) is 9.90 Å². The third kappa shape index (κ3) is 2.31. The van der Waals surface area contributed by atoms with E-state index in [1.54, 1.807) is 4.90 Å². The molecule has 1 saturated heterocycles. The van der Waals surface area contributed by atoms with E-state index in [-0.39, 0.29) is 18.1 Å². The maximum Gasteiger partial charge on any atom is 0.245 e. The van der Waals surface area contributed by atoms with Gasteiger partial charge in [0, 0.05) is 19.5 Å². The molecule has 2 heterocycles. The van der Waals surface area contributed by atoms with Gasteiger partial charge in [-0.2, -0.15) is 0 Å². The lowest BCUT2D eigenvalue weighted by Crippen LogP contribution is -2.55. The van der Waals surface area contributed by atoms with Crippen LogP contribution < -0.4 is 0 Å². The summed E-state index contributed by atoms with van der Waals surface area (Å²) < 4.78 is 2.07. The number of nitrogens with zero attached hydrogens (tertiary/aromatic N) is 3. The summed E-state index contributed by atoms with van der Waals surface area (Å²) >= 11 is 0. The smallest absolute Gasteiger partial charge is 0.245 e. The summed E-state index contributed by atoms with van der Waals surface area (Å²) in [5.41, 5.74) is 1.94. The number of hydrogen-bond donors (Lipinski definition) is 1. The first-order valence-electron chi connectivity index (χ1n) is 7.58. The van der Waals surface area contributed by atoms with Crippen LogP contribution in [0.2, 0.25) is 0 Å². The fourth-order valence-corrected chi connectivity index (χ4v) is 3.01. The minimum atomic E-state index is -0.364. The molecule has 1 fully saturated rings. The molecular weight excluding hydrogens is 266 g/mol. The molecule has 1 aliphatic heterocycles. The molecule has 5 heteroatoms. The number of carbonyl (C=O) groups is 1. The van der Waals surface area contributed by atoms with Crippen molar-refractivity contribution in [1.82, 2.24) is 14.5 Å². The van der Waals surface area contributed by atoms with Gasteiger partial charge in [0.25, 0.3) is 0 Å². The average molecular weight is 287 g/mol. The van der Waals surface area contributed by atoms with Crippen LogP contribution in [-0.2, 0) is 11.2 Å². The van der Waals surface area contributed by atoms with Gasteiger partial charge in [-0.25, -0.2) is 4.98 Å². The molecule has 2 aromatic rings. The number of β-amino-alcohol motifs (C(OH)–C–C–N with tert-alkyl or cyclic N) is 1. The fourth-order valence-electron chi connectivity index (χ4n) is 3.01. The molecule has 112 valence electrons. The van der Waals surface area contributed by atoms with Gasteiger partial charge in [-0.3, -0.25) is 4.79 Å². The van der Waals surface area contributed by atoms with E-state index >= 15 is 0 Å². The molecule has 0 aliphatic carbocycles. The maximum absolute atomic E-state index is 12.7. The zero-order valence-electron chi connectivity index (χ0n) is 12.5. The summed E-state index contributed by atoms with van der Waals surface area (Å²) in [7, 11) is 0. The number of hydrogen-bond acceptors (Lipinski definition) is 3. The van der Waals surface area contributed by atoms with Crippen molar-refractivity contribution in [2.45, 2.75) is 38.8 Å². The molecule has 5 nitrogen and oxygen atoms in total. The van der Waals surface area contributed by atoms with Gasteiger partial charge < -0.3 is 14.6 Å². The Bertz CT molecular complexity index is 659. The second-order valence-electron chi connectivity index (χ2n) is 5.56. The van der Waals surface area contributed by atoms with E-state index in [1.165, 1.54) is 0 Å². The van der Waals surface area contributed by atoms with Crippen LogP contribution in [0.1, 0.15) is 32.1 Å². The third-order valence-corrected chi connectivity index (χ3v) is 4.14. The highest BCUT2D eigenvalue weighted by atomic mass is 16.3. The number of rotatable bonds is 4. The second-order valence-corrected chi connectivity index (χ2v) is 5.56. The standard InChI is InChI=1S/C16H21N3O2/c1-3-13(16(21)18-9-11(20)10-18)19-14-8-6-5-7-12(14)17-15(19)4-2/h5-8,11,13,20H,3-4,9-10H2,1-2H3. The number of aromatic nitrogens is 2. The number of fused-ring (bicyclic) bond motifs is 1. The van der Waals surface area contributed by atoms with Crippen molar-refractivity contribution in [2.24, 2.45) is 0 Å². The second kappa shape index (κ2) is 5.48. The number of aliphatic hydroxyl groups excluding tert-OH is 1. The Morgan fingerprint density at radius 2 is 2.10 bits per heavy atom. The molecule has 1 aliphatic rings. The topological polar surface area (TPSA) is 58.4 Å². The Hall–Kier alpha value is -1.88. The summed E-state index contributed by atoms with van der Waals surface area (Å²) in [4.78, 5) is 19.1. The minimum Gasteiger partial charge on any atom is -0.389 e. The molecule has 1 N–H and O–H groups in total. The molecule has 0 radical (unpaired) electrons. The number of imidazole rings is 1. The fraction of sp³-hybridized carbons (Fsp3) is 0.500. The first-order valence-corrected chi connectivity index (χ1v) is 7.58. The quantitative estimate of drug-likeness (QED) is 0.932. The van der Waals surface area contributed by atoms with Crippen LogP contribution in [0.5, 0.6) is 0 Å². The van der Waals surface area contributed by atoms with Crippen LogP contribution in [-0.4, -0.2) is 44.7 Å². The van der Waals surface area contributed by atoms with E-state index in [4.69, 9.17) is 0 Å². The van der Waals surface area contributed by atoms with Crippen molar-refractivity contribution in [3.05, 3.63) is 30.1 Å². The largest absolute Gasteiger partial charge is 0.389 e. The lowest BCUT2D eigenvalue weighted by atomic mass is 10.1. The SMILES string of the molecule is CCc1nc2ccccc2n1C(CC)C(=O)N1CC(O)C1. The first-order chi connectivity index (χ1) is 10.2. The van der Waals surface area contributed by atoms with Gasteiger partial charge in [0.15, 0.2) is 0 Å². The number of likely N-dealkylation sites (tertiary alicyclic amines) is 1. The lowest BCUT2D eigenvalue weighted by Gasteiger charge is -2.38. The summed E-state index contributed by atoms with van der Waals surface area (Å²) in [5.74, 6) is 1.03. The van der Waals surface area contributed by atoms with Crippen molar-refractivity contribution in [3.63, 3.8) is 0 Å². The molecule has 1 amide bonds. The average Bonchev–Trinajstić information content (AvgIpc) is 2.83. The van der Waals surface area contributed by atoms with Crippen molar-refractivity contribution < 1.29 is 9.90 Å². The molecule has 21 heavy (non-hydrogen) atoms. The highest BCUT2D eigenvalue weighted by Gasteiger charge is 2.34. The third-order valence-electron chi connectivity index (χ3n) is 4.14. The van der Waals surface area contributed by atoms with E-state index in [2.05, 4.69) is 16.5 Å². The zero-order valence-corrected chi connectivity index (χ0v) is 12.5. The molecule has 0 saturated carbocycles. The van der Waals surface area contributed by atoms with Crippen molar-refractivity contribution in [2.75, 3.05) is 13.1 Å². The number of aliphatic hydroxyl groups is 1. The Morgan fingerprint density at radius 1 is 1.38 bits per heavy atom. The van der Waals surface area contributed by atoms with Gasteiger partial charge in [0.05, 0.1) is 17.1 Å². The van der Waals surface area contributed by atoms with Crippen LogP contribution in [0.15, 0.2) is 24.3 Å². The number of carbonyl (C=O) groups excluding carboxylic acids is 1. The molecule has 1 aromatic carbocycles. The van der Waals surface area contributed by atoms with Crippen LogP contribution in [0.25, 0.3) is 11.0 Å². The highest BCUT2D eigenvalue weighted by Crippen LogP contribution is 2.26. The zero-order chi connectivity index (χ0) is 15.0. The molecule has 1 atom stereocenters. The molecular formula is C16H21N3O2. The van der Waals surface area contributed by atoms with Crippen LogP contribution in [0, 0.1) is 0 Å². The Labute approximate surface area is 124 Å². The number of para-hydroxylation sites is 2. The van der Waals surface area contributed by atoms with E-state index in [0.29, 0.717) is 13.1 Å².